The lowest BCUT2D eigenvalue weighted by atomic mass is 10.2. The zero-order valence-electron chi connectivity index (χ0n) is 5.73. The molecule has 0 aliphatic rings. The van der Waals surface area contributed by atoms with Gasteiger partial charge in [-0.25, -0.2) is 0 Å². The normalized spacial score (nSPS) is 10.2. The van der Waals surface area contributed by atoms with Crippen LogP contribution in [0.2, 0.25) is 0 Å². The largest absolute Gasteiger partial charge is 0.339 e. The Morgan fingerprint density at radius 2 is 2.55 bits per heavy atom. The van der Waals surface area contributed by atoms with Gasteiger partial charge in [-0.15, -0.1) is 0 Å². The Kier molecular flexibility index (Phi) is 1.69. The van der Waals surface area contributed by atoms with E-state index in [4.69, 9.17) is 4.52 Å². The standard InChI is InChI=1S/C7H6N2OS/c1-2-11-4-6(1)3-7-8-5-9-10-7/h1-2,4-5H,3H2. The number of aromatic nitrogens is 2. The Balaban J connectivity index is 2.14. The first-order valence-electron chi connectivity index (χ1n) is 3.22. The molecule has 0 saturated carbocycles. The van der Waals surface area contributed by atoms with E-state index in [1.165, 1.54) is 11.9 Å². The van der Waals surface area contributed by atoms with Gasteiger partial charge in [-0.2, -0.15) is 16.3 Å². The minimum Gasteiger partial charge on any atom is -0.339 e. The molecule has 11 heavy (non-hydrogen) atoms. The molecule has 0 N–H and O–H groups in total. The summed E-state index contributed by atoms with van der Waals surface area (Å²) in [5.41, 5.74) is 1.22. The minimum absolute atomic E-state index is 0.670. The molecule has 4 heteroatoms. The fraction of sp³-hybridized carbons (Fsp3) is 0.143. The molecule has 0 bridgehead atoms. The van der Waals surface area contributed by atoms with Gasteiger partial charge >= 0.3 is 0 Å². The van der Waals surface area contributed by atoms with Gasteiger partial charge in [0.15, 0.2) is 6.33 Å². The molecule has 2 rings (SSSR count). The van der Waals surface area contributed by atoms with Gasteiger partial charge in [-0.1, -0.05) is 5.16 Å². The van der Waals surface area contributed by atoms with Gasteiger partial charge in [-0.05, 0) is 22.4 Å². The van der Waals surface area contributed by atoms with Crippen LogP contribution in [0.15, 0.2) is 27.7 Å². The van der Waals surface area contributed by atoms with Gasteiger partial charge < -0.3 is 4.52 Å². The Morgan fingerprint density at radius 1 is 1.55 bits per heavy atom. The van der Waals surface area contributed by atoms with Crippen molar-refractivity contribution in [3.05, 3.63) is 34.6 Å². The predicted octanol–water partition coefficient (Wildman–Crippen LogP) is 1.72. The highest BCUT2D eigenvalue weighted by molar-refractivity contribution is 7.07. The molecule has 0 unspecified atom stereocenters. The maximum atomic E-state index is 4.85. The van der Waals surface area contributed by atoms with Gasteiger partial charge in [0.05, 0.1) is 6.42 Å². The number of hydrogen-bond acceptors (Lipinski definition) is 4. The molecule has 0 aliphatic heterocycles. The van der Waals surface area contributed by atoms with Crippen LogP contribution in [0.25, 0.3) is 0 Å². The minimum atomic E-state index is 0.670. The zero-order chi connectivity index (χ0) is 7.52. The SMILES string of the molecule is c1noc(Cc2ccsc2)n1. The summed E-state index contributed by atoms with van der Waals surface area (Å²) in [5.74, 6) is 0.670. The van der Waals surface area contributed by atoms with Gasteiger partial charge in [0.1, 0.15) is 0 Å². The maximum absolute atomic E-state index is 4.85. The molecule has 0 fully saturated rings. The molecule has 3 nitrogen and oxygen atoms in total. The summed E-state index contributed by atoms with van der Waals surface area (Å²) in [6.45, 7) is 0. The number of thiophene rings is 1. The van der Waals surface area contributed by atoms with E-state index >= 15 is 0 Å². The second-order valence-electron chi connectivity index (χ2n) is 2.14. The van der Waals surface area contributed by atoms with Crippen molar-refractivity contribution in [2.24, 2.45) is 0 Å². The Labute approximate surface area is 67.7 Å². The molecule has 2 heterocycles. The van der Waals surface area contributed by atoms with E-state index in [0.29, 0.717) is 5.89 Å². The van der Waals surface area contributed by atoms with Crippen LogP contribution in [0.3, 0.4) is 0 Å². The summed E-state index contributed by atoms with van der Waals surface area (Å²) in [4.78, 5) is 3.92. The molecule has 0 aromatic carbocycles. The fourth-order valence-corrected chi connectivity index (χ4v) is 1.51. The van der Waals surface area contributed by atoms with Crippen LogP contribution >= 0.6 is 11.3 Å². The second-order valence-corrected chi connectivity index (χ2v) is 2.92. The third-order valence-corrected chi connectivity index (χ3v) is 2.07. The lowest BCUT2D eigenvalue weighted by Gasteiger charge is -1.86. The van der Waals surface area contributed by atoms with Crippen LogP contribution in [-0.4, -0.2) is 10.1 Å². The van der Waals surface area contributed by atoms with E-state index in [1.807, 2.05) is 5.38 Å². The van der Waals surface area contributed by atoms with Crippen LogP contribution in [0.5, 0.6) is 0 Å². The molecule has 0 aliphatic carbocycles. The predicted molar refractivity (Wildman–Crippen MR) is 41.4 cm³/mol. The van der Waals surface area contributed by atoms with Gasteiger partial charge in [0.2, 0.25) is 5.89 Å². The summed E-state index contributed by atoms with van der Waals surface area (Å²) in [6.07, 6.45) is 2.16. The number of hydrogen-bond donors (Lipinski definition) is 0. The van der Waals surface area contributed by atoms with Crippen molar-refractivity contribution in [2.45, 2.75) is 6.42 Å². The molecular weight excluding hydrogens is 160 g/mol. The third-order valence-electron chi connectivity index (χ3n) is 1.34. The average Bonchev–Trinajstić information content (AvgIpc) is 2.60. The summed E-state index contributed by atoms with van der Waals surface area (Å²) in [6, 6.07) is 2.05. The van der Waals surface area contributed by atoms with Crippen molar-refractivity contribution in [1.82, 2.24) is 10.1 Å². The maximum Gasteiger partial charge on any atom is 0.230 e. The van der Waals surface area contributed by atoms with Crippen molar-refractivity contribution < 1.29 is 4.52 Å². The van der Waals surface area contributed by atoms with Crippen molar-refractivity contribution in [2.75, 3.05) is 0 Å². The van der Waals surface area contributed by atoms with E-state index < -0.39 is 0 Å². The quantitative estimate of drug-likeness (QED) is 0.681. The molecule has 0 atom stereocenters. The van der Waals surface area contributed by atoms with Crippen molar-refractivity contribution in [1.29, 1.82) is 0 Å². The van der Waals surface area contributed by atoms with Gasteiger partial charge in [0, 0.05) is 0 Å². The van der Waals surface area contributed by atoms with Crippen LogP contribution in [0.1, 0.15) is 11.5 Å². The zero-order valence-corrected chi connectivity index (χ0v) is 6.54. The lowest BCUT2D eigenvalue weighted by Crippen LogP contribution is -1.83. The Bertz CT molecular complexity index is 269. The van der Waals surface area contributed by atoms with Gasteiger partial charge in [-0.3, -0.25) is 0 Å². The summed E-state index contributed by atoms with van der Waals surface area (Å²) >= 11 is 1.67. The van der Waals surface area contributed by atoms with Crippen molar-refractivity contribution in [3.8, 4) is 0 Å². The second kappa shape index (κ2) is 2.84. The van der Waals surface area contributed by atoms with Crippen LogP contribution in [0.4, 0.5) is 0 Å². The first-order valence-corrected chi connectivity index (χ1v) is 4.16. The monoisotopic (exact) mass is 166 g/mol. The van der Waals surface area contributed by atoms with Crippen LogP contribution in [-0.2, 0) is 6.42 Å². The lowest BCUT2D eigenvalue weighted by molar-refractivity contribution is 0.384. The topological polar surface area (TPSA) is 38.9 Å². The molecule has 56 valence electrons. The molecule has 2 aromatic heterocycles. The highest BCUT2D eigenvalue weighted by Crippen LogP contribution is 2.09. The first kappa shape index (κ1) is 6.54. The molecule has 0 radical (unpaired) electrons. The Hall–Kier alpha value is -1.16. The van der Waals surface area contributed by atoms with E-state index in [-0.39, 0.29) is 0 Å². The molecule has 0 spiro atoms. The van der Waals surface area contributed by atoms with E-state index in [9.17, 15) is 0 Å². The first-order chi connectivity index (χ1) is 5.45. The Morgan fingerprint density at radius 3 is 3.18 bits per heavy atom. The van der Waals surface area contributed by atoms with E-state index in [2.05, 4.69) is 21.6 Å². The van der Waals surface area contributed by atoms with Crippen LogP contribution in [0, 0.1) is 0 Å². The van der Waals surface area contributed by atoms with Crippen LogP contribution < -0.4 is 0 Å². The molecule has 0 saturated heterocycles. The van der Waals surface area contributed by atoms with E-state index in [1.54, 1.807) is 11.3 Å². The highest BCUT2D eigenvalue weighted by Gasteiger charge is 2.00. The average molecular weight is 166 g/mol. The summed E-state index contributed by atoms with van der Waals surface area (Å²) < 4.78 is 4.85. The van der Waals surface area contributed by atoms with Crippen molar-refractivity contribution in [3.63, 3.8) is 0 Å². The number of nitrogens with zero attached hydrogens (tertiary/aromatic N) is 2. The number of rotatable bonds is 2. The molecule has 2 aromatic rings. The summed E-state index contributed by atoms with van der Waals surface area (Å²) in [7, 11) is 0. The fourth-order valence-electron chi connectivity index (χ4n) is 0.842. The third kappa shape index (κ3) is 1.46. The molecule has 0 amide bonds. The smallest absolute Gasteiger partial charge is 0.230 e. The molecular formula is C7H6N2OS. The van der Waals surface area contributed by atoms with Gasteiger partial charge in [0.25, 0.3) is 0 Å². The highest BCUT2D eigenvalue weighted by atomic mass is 32.1. The van der Waals surface area contributed by atoms with E-state index in [0.717, 1.165) is 6.42 Å². The summed E-state index contributed by atoms with van der Waals surface area (Å²) in [5, 5.41) is 7.63. The van der Waals surface area contributed by atoms with Crippen molar-refractivity contribution >= 4 is 11.3 Å².